The predicted molar refractivity (Wildman–Crippen MR) is 142 cm³/mol. The summed E-state index contributed by atoms with van der Waals surface area (Å²) in [7, 11) is 0. The first-order valence-electron chi connectivity index (χ1n) is 13.3. The molecule has 0 saturated carbocycles. The summed E-state index contributed by atoms with van der Waals surface area (Å²) in [5.74, 6) is -1.31. The van der Waals surface area contributed by atoms with Crippen LogP contribution in [0.1, 0.15) is 47.5 Å². The number of Topliss-reactive ketones (excluding diaryl/α,β-unsaturated/α-hetero) is 1. The standard InChI is InChI=1S/C30H35N3O5/c34-27(33-17-20-37-21-18-33)22-25(13-7-12-23-8-3-1-4-9-23)29(36)32-26(28(35)30-31-16-19-38-30)15-14-24-10-5-2-6-11-24/h1-6,8-11,16,19,25-26H,7,12-15,17-18,20-22H2,(H,32,36). The minimum Gasteiger partial charge on any atom is -0.442 e. The monoisotopic (exact) mass is 517 g/mol. The highest BCUT2D eigenvalue weighted by molar-refractivity contribution is 5.99. The maximum absolute atomic E-state index is 13.6. The van der Waals surface area contributed by atoms with Gasteiger partial charge in [0.1, 0.15) is 6.26 Å². The molecule has 1 N–H and O–H groups in total. The van der Waals surface area contributed by atoms with Crippen molar-refractivity contribution in [3.05, 3.63) is 90.1 Å². The van der Waals surface area contributed by atoms with Gasteiger partial charge in [0.15, 0.2) is 0 Å². The van der Waals surface area contributed by atoms with Crippen LogP contribution in [0.2, 0.25) is 0 Å². The second-order valence-corrected chi connectivity index (χ2v) is 9.56. The molecule has 3 aromatic rings. The fourth-order valence-corrected chi connectivity index (χ4v) is 4.68. The number of aromatic nitrogens is 1. The summed E-state index contributed by atoms with van der Waals surface area (Å²) in [6, 6.07) is 19.1. The molecule has 1 aliphatic heterocycles. The number of rotatable bonds is 13. The SMILES string of the molecule is O=C(NC(CCc1ccccc1)C(=O)c1ncco1)C(CCCc1ccccc1)CC(=O)N1CCOCC1. The van der Waals surface area contributed by atoms with Crippen molar-refractivity contribution in [1.29, 1.82) is 0 Å². The van der Waals surface area contributed by atoms with E-state index >= 15 is 0 Å². The van der Waals surface area contributed by atoms with Crippen molar-refractivity contribution in [2.45, 2.75) is 44.6 Å². The van der Waals surface area contributed by atoms with Crippen LogP contribution in [0.25, 0.3) is 0 Å². The number of ketones is 1. The summed E-state index contributed by atoms with van der Waals surface area (Å²) in [5, 5.41) is 2.95. The topological polar surface area (TPSA) is 102 Å². The minimum absolute atomic E-state index is 0.0339. The molecule has 0 aliphatic carbocycles. The average Bonchev–Trinajstić information content (AvgIpc) is 3.51. The van der Waals surface area contributed by atoms with Gasteiger partial charge in [-0.15, -0.1) is 0 Å². The molecular weight excluding hydrogens is 482 g/mol. The van der Waals surface area contributed by atoms with Gasteiger partial charge in [-0.2, -0.15) is 0 Å². The van der Waals surface area contributed by atoms with Gasteiger partial charge in [-0.05, 0) is 43.2 Å². The minimum atomic E-state index is -0.809. The predicted octanol–water partition coefficient (Wildman–Crippen LogP) is 3.86. The van der Waals surface area contributed by atoms with Crippen LogP contribution in [0.15, 0.2) is 77.5 Å². The fraction of sp³-hybridized carbons (Fsp3) is 0.400. The maximum Gasteiger partial charge on any atom is 0.265 e. The number of carbonyl (C=O) groups excluding carboxylic acids is 3. The van der Waals surface area contributed by atoms with Crippen LogP contribution in [-0.2, 0) is 27.2 Å². The first kappa shape index (κ1) is 27.3. The Kier molecular flexibility index (Phi) is 10.2. The molecule has 1 aliphatic rings. The van der Waals surface area contributed by atoms with Crippen LogP contribution in [0.5, 0.6) is 0 Å². The van der Waals surface area contributed by atoms with E-state index in [1.165, 1.54) is 18.0 Å². The van der Waals surface area contributed by atoms with Gasteiger partial charge in [0, 0.05) is 25.4 Å². The number of aryl methyl sites for hydroxylation is 2. The van der Waals surface area contributed by atoms with E-state index in [1.54, 1.807) is 4.90 Å². The maximum atomic E-state index is 13.6. The molecule has 0 radical (unpaired) electrons. The van der Waals surface area contributed by atoms with E-state index in [0.717, 1.165) is 18.4 Å². The summed E-state index contributed by atoms with van der Waals surface area (Å²) in [4.78, 5) is 45.6. The second kappa shape index (κ2) is 14.2. The summed E-state index contributed by atoms with van der Waals surface area (Å²) in [6.07, 6.45) is 5.95. The van der Waals surface area contributed by atoms with Crippen molar-refractivity contribution < 1.29 is 23.5 Å². The van der Waals surface area contributed by atoms with Crippen molar-refractivity contribution in [3.63, 3.8) is 0 Å². The molecule has 1 fully saturated rings. The van der Waals surface area contributed by atoms with Crippen LogP contribution in [0.3, 0.4) is 0 Å². The molecule has 2 aromatic carbocycles. The summed E-state index contributed by atoms with van der Waals surface area (Å²) in [6.45, 7) is 2.06. The molecule has 0 spiro atoms. The summed E-state index contributed by atoms with van der Waals surface area (Å²) < 4.78 is 10.6. The molecule has 38 heavy (non-hydrogen) atoms. The Morgan fingerprint density at radius 3 is 2.18 bits per heavy atom. The highest BCUT2D eigenvalue weighted by Crippen LogP contribution is 2.19. The van der Waals surface area contributed by atoms with E-state index in [9.17, 15) is 14.4 Å². The molecule has 2 amide bonds. The second-order valence-electron chi connectivity index (χ2n) is 9.56. The Bertz CT molecular complexity index is 1150. The van der Waals surface area contributed by atoms with Crippen LogP contribution in [-0.4, -0.2) is 59.8 Å². The van der Waals surface area contributed by atoms with Gasteiger partial charge in [0.25, 0.3) is 5.89 Å². The number of nitrogens with one attached hydrogen (secondary N) is 1. The molecule has 200 valence electrons. The number of nitrogens with zero attached hydrogens (tertiary/aromatic N) is 2. The van der Waals surface area contributed by atoms with Gasteiger partial charge in [0.05, 0.1) is 25.5 Å². The lowest BCUT2D eigenvalue weighted by Gasteiger charge is -2.29. The van der Waals surface area contributed by atoms with E-state index in [0.29, 0.717) is 45.6 Å². The van der Waals surface area contributed by atoms with Crippen molar-refractivity contribution >= 4 is 17.6 Å². The molecule has 1 saturated heterocycles. The van der Waals surface area contributed by atoms with Crippen LogP contribution >= 0.6 is 0 Å². The lowest BCUT2D eigenvalue weighted by atomic mass is 9.93. The Labute approximate surface area is 223 Å². The zero-order chi connectivity index (χ0) is 26.6. The Morgan fingerprint density at radius 2 is 1.55 bits per heavy atom. The van der Waals surface area contributed by atoms with Crippen molar-refractivity contribution in [2.75, 3.05) is 26.3 Å². The van der Waals surface area contributed by atoms with E-state index in [4.69, 9.17) is 9.15 Å². The molecule has 8 heteroatoms. The molecule has 0 bridgehead atoms. The van der Waals surface area contributed by atoms with E-state index in [-0.39, 0.29) is 29.9 Å². The van der Waals surface area contributed by atoms with E-state index in [1.807, 2.05) is 48.5 Å². The number of oxazole rings is 1. The number of benzene rings is 2. The molecule has 1 aromatic heterocycles. The molecule has 2 heterocycles. The normalized spacial score (nSPS) is 15.0. The molecule has 2 unspecified atom stereocenters. The van der Waals surface area contributed by atoms with Crippen LogP contribution < -0.4 is 5.32 Å². The number of hydrogen-bond acceptors (Lipinski definition) is 6. The highest BCUT2D eigenvalue weighted by atomic mass is 16.5. The van der Waals surface area contributed by atoms with Crippen molar-refractivity contribution in [1.82, 2.24) is 15.2 Å². The van der Waals surface area contributed by atoms with Crippen molar-refractivity contribution in [2.24, 2.45) is 5.92 Å². The number of morpholine rings is 1. The van der Waals surface area contributed by atoms with Crippen LogP contribution in [0.4, 0.5) is 0 Å². The third kappa shape index (κ3) is 8.11. The van der Waals surface area contributed by atoms with Gasteiger partial charge in [0.2, 0.25) is 17.6 Å². The van der Waals surface area contributed by atoms with E-state index in [2.05, 4.69) is 22.4 Å². The van der Waals surface area contributed by atoms with Gasteiger partial charge in [-0.1, -0.05) is 60.7 Å². The molecule has 4 rings (SSSR count). The quantitative estimate of drug-likeness (QED) is 0.346. The highest BCUT2D eigenvalue weighted by Gasteiger charge is 2.30. The summed E-state index contributed by atoms with van der Waals surface area (Å²) in [5.41, 5.74) is 2.25. The number of amides is 2. The lowest BCUT2D eigenvalue weighted by Crippen LogP contribution is -2.46. The largest absolute Gasteiger partial charge is 0.442 e. The lowest BCUT2D eigenvalue weighted by molar-refractivity contribution is -0.139. The van der Waals surface area contributed by atoms with Crippen LogP contribution in [0, 0.1) is 5.92 Å². The zero-order valence-corrected chi connectivity index (χ0v) is 21.6. The van der Waals surface area contributed by atoms with Gasteiger partial charge >= 0.3 is 0 Å². The third-order valence-corrected chi connectivity index (χ3v) is 6.86. The molecule has 8 nitrogen and oxygen atoms in total. The van der Waals surface area contributed by atoms with Gasteiger partial charge in [-0.25, -0.2) is 4.98 Å². The zero-order valence-electron chi connectivity index (χ0n) is 21.6. The number of carbonyl (C=O) groups is 3. The van der Waals surface area contributed by atoms with Gasteiger partial charge in [-0.3, -0.25) is 14.4 Å². The summed E-state index contributed by atoms with van der Waals surface area (Å²) >= 11 is 0. The Hall–Kier alpha value is -3.78. The van der Waals surface area contributed by atoms with Gasteiger partial charge < -0.3 is 19.4 Å². The Balaban J connectivity index is 1.45. The average molecular weight is 518 g/mol. The Morgan fingerprint density at radius 1 is 0.895 bits per heavy atom. The first-order chi connectivity index (χ1) is 18.6. The smallest absolute Gasteiger partial charge is 0.265 e. The fourth-order valence-electron chi connectivity index (χ4n) is 4.68. The molecule has 2 atom stereocenters. The molecular formula is C30H35N3O5. The number of ether oxygens (including phenoxy) is 1. The number of hydrogen-bond donors (Lipinski definition) is 1. The third-order valence-electron chi connectivity index (χ3n) is 6.86. The first-order valence-corrected chi connectivity index (χ1v) is 13.3. The van der Waals surface area contributed by atoms with E-state index < -0.39 is 12.0 Å². The van der Waals surface area contributed by atoms with Crippen molar-refractivity contribution in [3.8, 4) is 0 Å².